The topological polar surface area (TPSA) is 59.8 Å². The number of aromatic nitrogens is 3. The first-order valence-electron chi connectivity index (χ1n) is 7.87. The second-order valence-electron chi connectivity index (χ2n) is 5.57. The summed E-state index contributed by atoms with van der Waals surface area (Å²) < 4.78 is 0. The van der Waals surface area contributed by atoms with Crippen LogP contribution in [0.2, 0.25) is 0 Å². The molecule has 0 spiro atoms. The van der Waals surface area contributed by atoms with Crippen LogP contribution in [0.1, 0.15) is 31.4 Å². The fourth-order valence-corrected chi connectivity index (χ4v) is 2.42. The van der Waals surface area contributed by atoms with Gasteiger partial charge in [0.15, 0.2) is 0 Å². The number of amides is 1. The molecule has 5 heteroatoms. The van der Waals surface area contributed by atoms with Gasteiger partial charge in [-0.1, -0.05) is 26.0 Å². The van der Waals surface area contributed by atoms with Crippen molar-refractivity contribution in [1.82, 2.24) is 15.0 Å². The third-order valence-corrected chi connectivity index (χ3v) is 3.90. The summed E-state index contributed by atoms with van der Waals surface area (Å²) >= 11 is 0. The average molecular weight is 308 g/mol. The Labute approximate surface area is 135 Å². The summed E-state index contributed by atoms with van der Waals surface area (Å²) in [5.41, 5.74) is 5.56. The number of carbonyl (C=O) groups excluding carboxylic acids is 1. The Balaban J connectivity index is 1.99. The molecule has 0 atom stereocenters. The highest BCUT2D eigenvalue weighted by Gasteiger charge is 2.10. The molecule has 1 N–H and O–H groups in total. The maximum absolute atomic E-state index is 11.6. The molecule has 0 radical (unpaired) electrons. The summed E-state index contributed by atoms with van der Waals surface area (Å²) in [4.78, 5) is 13.2. The van der Waals surface area contributed by atoms with E-state index < -0.39 is 0 Å². The van der Waals surface area contributed by atoms with E-state index in [1.807, 2.05) is 38.1 Å². The van der Waals surface area contributed by atoms with Crippen LogP contribution < -0.4 is 5.32 Å². The summed E-state index contributed by atoms with van der Waals surface area (Å²) in [5.74, 6) is -0.00463. The van der Waals surface area contributed by atoms with Crippen molar-refractivity contribution in [2.45, 2.75) is 33.6 Å². The molecule has 0 saturated carbocycles. The number of nitrogens with zero attached hydrogens (tertiary/aromatic N) is 3. The third kappa shape index (κ3) is 3.08. The van der Waals surface area contributed by atoms with E-state index in [2.05, 4.69) is 34.6 Å². The molecule has 2 aromatic carbocycles. The lowest BCUT2D eigenvalue weighted by atomic mass is 10.1. The number of nitrogens with one attached hydrogen (secondary N) is 1. The minimum Gasteiger partial charge on any atom is -0.326 e. The number of hydrogen-bond acceptors (Lipinski definition) is 3. The Kier molecular flexibility index (Phi) is 4.10. The number of anilines is 1. The molecule has 1 amide bonds. The molecule has 3 aromatic rings. The third-order valence-electron chi connectivity index (χ3n) is 3.90. The fraction of sp³-hybridized carbons (Fsp3) is 0.278. The van der Waals surface area contributed by atoms with E-state index in [9.17, 15) is 4.79 Å². The van der Waals surface area contributed by atoms with E-state index in [0.29, 0.717) is 6.42 Å². The van der Waals surface area contributed by atoms with E-state index in [1.165, 1.54) is 5.56 Å². The predicted molar refractivity (Wildman–Crippen MR) is 91.9 cm³/mol. The van der Waals surface area contributed by atoms with Crippen LogP contribution in [0.5, 0.6) is 0 Å². The van der Waals surface area contributed by atoms with Crippen LogP contribution in [0, 0.1) is 6.92 Å². The number of hydrogen-bond donors (Lipinski definition) is 1. The predicted octanol–water partition coefficient (Wildman–Crippen LogP) is 3.64. The molecule has 118 valence electrons. The molecule has 5 nitrogen and oxygen atoms in total. The van der Waals surface area contributed by atoms with Gasteiger partial charge in [0.25, 0.3) is 0 Å². The van der Waals surface area contributed by atoms with Crippen molar-refractivity contribution >= 4 is 22.6 Å². The van der Waals surface area contributed by atoms with Crippen molar-refractivity contribution in [3.8, 4) is 5.69 Å². The number of carbonyl (C=O) groups is 1. The van der Waals surface area contributed by atoms with E-state index >= 15 is 0 Å². The van der Waals surface area contributed by atoms with Gasteiger partial charge in [0, 0.05) is 12.1 Å². The Bertz CT molecular complexity index is 849. The molecule has 1 heterocycles. The van der Waals surface area contributed by atoms with Crippen molar-refractivity contribution in [3.05, 3.63) is 47.5 Å². The van der Waals surface area contributed by atoms with Gasteiger partial charge in [-0.05, 0) is 48.7 Å². The first kappa shape index (κ1) is 15.2. The zero-order chi connectivity index (χ0) is 16.4. The number of fused-ring (bicyclic) bond motifs is 1. The van der Waals surface area contributed by atoms with Crippen LogP contribution in [0.25, 0.3) is 16.7 Å². The number of rotatable bonds is 4. The summed E-state index contributed by atoms with van der Waals surface area (Å²) in [5, 5.41) is 12.0. The monoisotopic (exact) mass is 308 g/mol. The van der Waals surface area contributed by atoms with Crippen LogP contribution in [-0.4, -0.2) is 20.9 Å². The lowest BCUT2D eigenvalue weighted by Crippen LogP contribution is -2.10. The molecule has 0 aliphatic carbocycles. The van der Waals surface area contributed by atoms with E-state index in [-0.39, 0.29) is 5.91 Å². The van der Waals surface area contributed by atoms with Gasteiger partial charge >= 0.3 is 0 Å². The lowest BCUT2D eigenvalue weighted by molar-refractivity contribution is -0.115. The molecular weight excluding hydrogens is 288 g/mol. The standard InChI is InChI=1S/C18H20N4O/c1-4-13-6-8-14(9-7-13)22-20-16-10-12(3)15(11-17(16)21-22)19-18(23)5-2/h6-11H,4-5H2,1-3H3,(H,19,23). The van der Waals surface area contributed by atoms with Crippen LogP contribution in [0.4, 0.5) is 5.69 Å². The second kappa shape index (κ2) is 6.20. The smallest absolute Gasteiger partial charge is 0.224 e. The Morgan fingerprint density at radius 1 is 1.09 bits per heavy atom. The largest absolute Gasteiger partial charge is 0.326 e. The highest BCUT2D eigenvalue weighted by atomic mass is 16.1. The molecule has 0 unspecified atom stereocenters. The van der Waals surface area contributed by atoms with Gasteiger partial charge in [-0.3, -0.25) is 4.79 Å². The van der Waals surface area contributed by atoms with Gasteiger partial charge in [-0.25, -0.2) is 0 Å². The minimum atomic E-state index is -0.00463. The highest BCUT2D eigenvalue weighted by molar-refractivity contribution is 5.93. The molecule has 0 fully saturated rings. The number of aryl methyl sites for hydroxylation is 2. The van der Waals surface area contributed by atoms with Crippen molar-refractivity contribution in [2.75, 3.05) is 5.32 Å². The zero-order valence-corrected chi connectivity index (χ0v) is 13.6. The normalized spacial score (nSPS) is 10.9. The maximum Gasteiger partial charge on any atom is 0.224 e. The molecular formula is C18H20N4O. The van der Waals surface area contributed by atoms with Crippen LogP contribution in [-0.2, 0) is 11.2 Å². The van der Waals surface area contributed by atoms with Crippen molar-refractivity contribution in [1.29, 1.82) is 0 Å². The lowest BCUT2D eigenvalue weighted by Gasteiger charge is -2.06. The number of benzene rings is 2. The fourth-order valence-electron chi connectivity index (χ4n) is 2.42. The van der Waals surface area contributed by atoms with E-state index in [1.54, 1.807) is 4.80 Å². The molecule has 0 aliphatic rings. The van der Waals surface area contributed by atoms with Crippen LogP contribution >= 0.6 is 0 Å². The second-order valence-corrected chi connectivity index (χ2v) is 5.57. The SMILES string of the molecule is CCC(=O)Nc1cc2nn(-c3ccc(CC)cc3)nc2cc1C. The van der Waals surface area contributed by atoms with E-state index in [0.717, 1.165) is 34.4 Å². The maximum atomic E-state index is 11.6. The van der Waals surface area contributed by atoms with Crippen LogP contribution in [0.3, 0.4) is 0 Å². The molecule has 0 bridgehead atoms. The average Bonchev–Trinajstić information content (AvgIpc) is 2.97. The Morgan fingerprint density at radius 2 is 1.74 bits per heavy atom. The van der Waals surface area contributed by atoms with Crippen molar-refractivity contribution in [2.24, 2.45) is 0 Å². The first-order chi connectivity index (χ1) is 11.1. The molecule has 0 aliphatic heterocycles. The van der Waals surface area contributed by atoms with Gasteiger partial charge in [0.05, 0.1) is 5.69 Å². The molecule has 1 aromatic heterocycles. The Hall–Kier alpha value is -2.69. The summed E-state index contributed by atoms with van der Waals surface area (Å²) in [7, 11) is 0. The quantitative estimate of drug-likeness (QED) is 0.800. The van der Waals surface area contributed by atoms with Crippen molar-refractivity contribution in [3.63, 3.8) is 0 Å². The zero-order valence-electron chi connectivity index (χ0n) is 13.6. The van der Waals surface area contributed by atoms with Gasteiger partial charge in [0.2, 0.25) is 5.91 Å². The summed E-state index contributed by atoms with van der Waals surface area (Å²) in [6, 6.07) is 12.0. The summed E-state index contributed by atoms with van der Waals surface area (Å²) in [6.45, 7) is 5.92. The minimum absolute atomic E-state index is 0.00463. The van der Waals surface area contributed by atoms with Crippen molar-refractivity contribution < 1.29 is 4.79 Å². The van der Waals surface area contributed by atoms with Gasteiger partial charge in [-0.2, -0.15) is 4.80 Å². The molecule has 3 rings (SSSR count). The van der Waals surface area contributed by atoms with E-state index in [4.69, 9.17) is 0 Å². The van der Waals surface area contributed by atoms with Gasteiger partial charge in [0.1, 0.15) is 11.0 Å². The van der Waals surface area contributed by atoms with Gasteiger partial charge < -0.3 is 5.32 Å². The van der Waals surface area contributed by atoms with Crippen LogP contribution in [0.15, 0.2) is 36.4 Å². The Morgan fingerprint density at radius 3 is 2.35 bits per heavy atom. The van der Waals surface area contributed by atoms with Gasteiger partial charge in [-0.15, -0.1) is 10.2 Å². The molecule has 23 heavy (non-hydrogen) atoms. The summed E-state index contributed by atoms with van der Waals surface area (Å²) in [6.07, 6.45) is 1.46. The highest BCUT2D eigenvalue weighted by Crippen LogP contribution is 2.22. The molecule has 0 saturated heterocycles. The first-order valence-corrected chi connectivity index (χ1v) is 7.87.